The summed E-state index contributed by atoms with van der Waals surface area (Å²) in [5.41, 5.74) is 2.69. The number of rotatable bonds is 6. The maximum absolute atomic E-state index is 12.1. The second-order valence-electron chi connectivity index (χ2n) is 6.36. The van der Waals surface area contributed by atoms with Crippen molar-refractivity contribution in [1.82, 2.24) is 15.3 Å². The number of carbonyl (C=O) groups excluding carboxylic acids is 1. The Labute approximate surface area is 172 Å². The lowest BCUT2D eigenvalue weighted by Crippen LogP contribution is -2.30. The zero-order valence-corrected chi connectivity index (χ0v) is 16.3. The van der Waals surface area contributed by atoms with E-state index < -0.39 is 18.4 Å². The van der Waals surface area contributed by atoms with E-state index in [1.54, 1.807) is 13.0 Å². The van der Waals surface area contributed by atoms with E-state index in [9.17, 15) is 14.7 Å². The molecule has 2 aromatic carbocycles. The first kappa shape index (κ1) is 20.3. The molecule has 3 N–H and O–H groups in total. The van der Waals surface area contributed by atoms with Gasteiger partial charge in [0.25, 0.3) is 5.91 Å². The summed E-state index contributed by atoms with van der Waals surface area (Å²) < 4.78 is 0. The third-order valence-electron chi connectivity index (χ3n) is 4.20. The molecule has 0 bridgehead atoms. The number of aromatic hydroxyl groups is 1. The second-order valence-corrected chi connectivity index (χ2v) is 6.76. The molecule has 0 atom stereocenters. The van der Waals surface area contributed by atoms with Gasteiger partial charge in [-0.3, -0.25) is 9.59 Å². The number of carboxylic acids is 1. The number of nitrogens with zero attached hydrogens (tertiary/aromatic N) is 2. The molecule has 0 aliphatic rings. The van der Waals surface area contributed by atoms with E-state index in [0.717, 1.165) is 16.7 Å². The highest BCUT2D eigenvalue weighted by Gasteiger charge is 2.18. The number of carbonyl (C=O) groups is 2. The molecule has 0 fully saturated rings. The fourth-order valence-electron chi connectivity index (χ4n) is 2.80. The van der Waals surface area contributed by atoms with Crippen molar-refractivity contribution in [2.75, 3.05) is 6.54 Å². The van der Waals surface area contributed by atoms with Gasteiger partial charge in [-0.15, -0.1) is 0 Å². The fourth-order valence-corrected chi connectivity index (χ4v) is 3.12. The molecule has 29 heavy (non-hydrogen) atoms. The van der Waals surface area contributed by atoms with Crippen molar-refractivity contribution in [3.8, 4) is 16.9 Å². The van der Waals surface area contributed by atoms with Crippen LogP contribution in [0.1, 0.15) is 27.6 Å². The number of benzene rings is 2. The lowest BCUT2D eigenvalue weighted by molar-refractivity contribution is -0.135. The van der Waals surface area contributed by atoms with E-state index in [2.05, 4.69) is 15.3 Å². The van der Waals surface area contributed by atoms with Gasteiger partial charge in [0.05, 0.1) is 5.69 Å². The van der Waals surface area contributed by atoms with Gasteiger partial charge in [-0.25, -0.2) is 9.97 Å². The molecule has 0 aliphatic carbocycles. The van der Waals surface area contributed by atoms with Gasteiger partial charge in [0.1, 0.15) is 12.4 Å². The number of carboxylic acid groups (broad SMARTS) is 1. The molecule has 148 valence electrons. The Morgan fingerprint density at radius 3 is 2.48 bits per heavy atom. The van der Waals surface area contributed by atoms with E-state index in [1.807, 2.05) is 42.5 Å². The molecule has 0 unspecified atom stereocenters. The predicted octanol–water partition coefficient (Wildman–Crippen LogP) is 3.22. The molecule has 0 spiro atoms. The summed E-state index contributed by atoms with van der Waals surface area (Å²) in [6.07, 6.45) is 0.287. The third kappa shape index (κ3) is 4.89. The Hall–Kier alpha value is -3.45. The van der Waals surface area contributed by atoms with Gasteiger partial charge >= 0.3 is 5.97 Å². The molecule has 1 heterocycles. The summed E-state index contributed by atoms with van der Waals surface area (Å²) in [5.74, 6) is -2.05. The predicted molar refractivity (Wildman–Crippen MR) is 108 cm³/mol. The van der Waals surface area contributed by atoms with Gasteiger partial charge in [-0.1, -0.05) is 54.1 Å². The van der Waals surface area contributed by atoms with Crippen LogP contribution in [0.2, 0.25) is 5.02 Å². The third-order valence-corrected chi connectivity index (χ3v) is 4.51. The molecule has 8 heteroatoms. The molecule has 1 aromatic heterocycles. The molecule has 1 amide bonds. The summed E-state index contributed by atoms with van der Waals surface area (Å²) in [6, 6.07) is 15.3. The van der Waals surface area contributed by atoms with Crippen molar-refractivity contribution in [3.63, 3.8) is 0 Å². The van der Waals surface area contributed by atoms with E-state index in [4.69, 9.17) is 16.7 Å². The number of aliphatic carboxylic acids is 1. The van der Waals surface area contributed by atoms with Crippen molar-refractivity contribution in [1.29, 1.82) is 0 Å². The number of nitrogens with one attached hydrogen (secondary N) is 1. The first-order valence-corrected chi connectivity index (χ1v) is 9.13. The fraction of sp³-hybridized carbons (Fsp3) is 0.143. The number of hydrogen-bond acceptors (Lipinski definition) is 5. The number of hydrogen-bond donors (Lipinski definition) is 3. The summed E-state index contributed by atoms with van der Waals surface area (Å²) in [7, 11) is 0. The minimum Gasteiger partial charge on any atom is -0.504 e. The Morgan fingerprint density at radius 2 is 1.83 bits per heavy atom. The van der Waals surface area contributed by atoms with Crippen molar-refractivity contribution in [2.45, 2.75) is 13.3 Å². The zero-order valence-electron chi connectivity index (χ0n) is 15.5. The van der Waals surface area contributed by atoms with Crippen LogP contribution < -0.4 is 5.32 Å². The lowest BCUT2D eigenvalue weighted by atomic mass is 10.0. The first-order valence-electron chi connectivity index (χ1n) is 8.75. The van der Waals surface area contributed by atoms with Crippen LogP contribution in [0.4, 0.5) is 0 Å². The van der Waals surface area contributed by atoms with Gasteiger partial charge in [0.2, 0.25) is 0 Å². The Kier molecular flexibility index (Phi) is 6.09. The molecule has 3 rings (SSSR count). The normalized spacial score (nSPS) is 10.6. The molecule has 0 saturated carbocycles. The molecular weight excluding hydrogens is 394 g/mol. The second kappa shape index (κ2) is 8.70. The maximum Gasteiger partial charge on any atom is 0.322 e. The van der Waals surface area contributed by atoms with Crippen LogP contribution in [0, 0.1) is 6.92 Å². The highest BCUT2D eigenvalue weighted by molar-refractivity contribution is 6.33. The molecule has 0 saturated heterocycles. The van der Waals surface area contributed by atoms with Gasteiger partial charge < -0.3 is 15.5 Å². The van der Waals surface area contributed by atoms with Crippen LogP contribution >= 0.6 is 11.6 Å². The van der Waals surface area contributed by atoms with Crippen LogP contribution in [0.3, 0.4) is 0 Å². The van der Waals surface area contributed by atoms with E-state index >= 15 is 0 Å². The molecule has 0 radical (unpaired) electrons. The highest BCUT2D eigenvalue weighted by atomic mass is 35.5. The average Bonchev–Trinajstić information content (AvgIpc) is 2.69. The van der Waals surface area contributed by atoms with Gasteiger partial charge in [0, 0.05) is 17.0 Å². The average molecular weight is 412 g/mol. The molecule has 3 aromatic rings. The van der Waals surface area contributed by atoms with E-state index in [1.165, 1.54) is 0 Å². The largest absolute Gasteiger partial charge is 0.504 e. The summed E-state index contributed by atoms with van der Waals surface area (Å²) >= 11 is 6.44. The number of halogens is 1. The topological polar surface area (TPSA) is 112 Å². The minimum absolute atomic E-state index is 0.225. The van der Waals surface area contributed by atoms with Crippen LogP contribution in [0.5, 0.6) is 5.75 Å². The monoisotopic (exact) mass is 411 g/mol. The van der Waals surface area contributed by atoms with Gasteiger partial charge in [-0.2, -0.15) is 0 Å². The Morgan fingerprint density at radius 1 is 1.10 bits per heavy atom. The maximum atomic E-state index is 12.1. The van der Waals surface area contributed by atoms with Crippen LogP contribution in [0.15, 0.2) is 48.5 Å². The summed E-state index contributed by atoms with van der Waals surface area (Å²) in [5, 5.41) is 21.5. The number of amides is 1. The van der Waals surface area contributed by atoms with Crippen LogP contribution in [0.25, 0.3) is 11.1 Å². The van der Waals surface area contributed by atoms with Crippen LogP contribution in [-0.4, -0.2) is 38.6 Å². The van der Waals surface area contributed by atoms with Crippen molar-refractivity contribution < 1.29 is 19.8 Å². The smallest absolute Gasteiger partial charge is 0.322 e. The molecular formula is C21H18ClN3O4. The summed E-state index contributed by atoms with van der Waals surface area (Å²) in [6.45, 7) is 0.965. The first-order chi connectivity index (χ1) is 13.8. The van der Waals surface area contributed by atoms with E-state index in [-0.39, 0.29) is 23.6 Å². The summed E-state index contributed by atoms with van der Waals surface area (Å²) in [4.78, 5) is 31.1. The highest BCUT2D eigenvalue weighted by Crippen LogP contribution is 2.29. The number of aryl methyl sites for hydroxylation is 1. The van der Waals surface area contributed by atoms with Crippen LogP contribution in [-0.2, 0) is 11.2 Å². The van der Waals surface area contributed by atoms with Gasteiger partial charge in [-0.05, 0) is 24.1 Å². The zero-order chi connectivity index (χ0) is 21.0. The molecule has 0 aliphatic heterocycles. The standard InChI is InChI=1S/C21H18ClN3O4/c1-12-20(28)19(21(29)23-11-18(26)27)25-17(24-12)10-13-7-8-15(16(22)9-13)14-5-3-2-4-6-14/h2-9,28H,10-11H2,1H3,(H,23,29)(H,26,27). The number of aromatic nitrogens is 2. The Bertz CT molecular complexity index is 1070. The SMILES string of the molecule is Cc1nc(Cc2ccc(-c3ccccc3)c(Cl)c2)nc(C(=O)NCC(=O)O)c1O. The van der Waals surface area contributed by atoms with Crippen molar-refractivity contribution >= 4 is 23.5 Å². The van der Waals surface area contributed by atoms with E-state index in [0.29, 0.717) is 10.8 Å². The lowest BCUT2D eigenvalue weighted by Gasteiger charge is -2.10. The Balaban J connectivity index is 1.86. The van der Waals surface area contributed by atoms with Crippen molar-refractivity contribution in [2.24, 2.45) is 0 Å². The minimum atomic E-state index is -1.20. The quantitative estimate of drug-likeness (QED) is 0.574. The van der Waals surface area contributed by atoms with Crippen molar-refractivity contribution in [3.05, 3.63) is 76.3 Å². The van der Waals surface area contributed by atoms with Gasteiger partial charge in [0.15, 0.2) is 11.4 Å². The molecule has 7 nitrogen and oxygen atoms in total.